The van der Waals surface area contributed by atoms with Gasteiger partial charge in [0.15, 0.2) is 0 Å². The summed E-state index contributed by atoms with van der Waals surface area (Å²) in [6, 6.07) is 7.49. The number of rotatable bonds is 3. The fraction of sp³-hybridized carbons (Fsp3) is 0.625. The van der Waals surface area contributed by atoms with Gasteiger partial charge in [-0.25, -0.2) is 0 Å². The fourth-order valence-electron chi connectivity index (χ4n) is 3.42. The SMILES string of the molecule is CNC(c1cc(C)cc(C)c1)C1CCC(C)C1. The second-order valence-corrected chi connectivity index (χ2v) is 5.87. The molecule has 0 aliphatic heterocycles. The van der Waals surface area contributed by atoms with Crippen LogP contribution in [0.3, 0.4) is 0 Å². The van der Waals surface area contributed by atoms with Gasteiger partial charge in [-0.15, -0.1) is 0 Å². The third-order valence-corrected chi connectivity index (χ3v) is 4.12. The van der Waals surface area contributed by atoms with E-state index in [2.05, 4.69) is 51.3 Å². The molecule has 0 bridgehead atoms. The van der Waals surface area contributed by atoms with E-state index >= 15 is 0 Å². The van der Waals surface area contributed by atoms with Crippen LogP contribution in [0.4, 0.5) is 0 Å². The number of hydrogen-bond acceptors (Lipinski definition) is 1. The van der Waals surface area contributed by atoms with Crippen LogP contribution in [-0.2, 0) is 0 Å². The fourth-order valence-corrected chi connectivity index (χ4v) is 3.42. The van der Waals surface area contributed by atoms with Crippen LogP contribution in [-0.4, -0.2) is 7.05 Å². The van der Waals surface area contributed by atoms with Crippen LogP contribution in [0, 0.1) is 25.7 Å². The van der Waals surface area contributed by atoms with Crippen LogP contribution in [0.1, 0.15) is 48.9 Å². The third-order valence-electron chi connectivity index (χ3n) is 4.12. The Bertz CT molecular complexity index is 363. The van der Waals surface area contributed by atoms with E-state index in [-0.39, 0.29) is 0 Å². The maximum atomic E-state index is 3.54. The molecule has 0 saturated heterocycles. The predicted octanol–water partition coefficient (Wildman–Crippen LogP) is 4.00. The van der Waals surface area contributed by atoms with Crippen LogP contribution >= 0.6 is 0 Å². The van der Waals surface area contributed by atoms with Gasteiger partial charge >= 0.3 is 0 Å². The molecule has 0 heterocycles. The van der Waals surface area contributed by atoms with E-state index in [0.29, 0.717) is 6.04 Å². The Morgan fingerprint density at radius 2 is 1.76 bits per heavy atom. The van der Waals surface area contributed by atoms with Crippen LogP contribution in [0.5, 0.6) is 0 Å². The average Bonchev–Trinajstić information content (AvgIpc) is 2.64. The minimum Gasteiger partial charge on any atom is -0.313 e. The van der Waals surface area contributed by atoms with Gasteiger partial charge in [0.2, 0.25) is 0 Å². The molecule has 1 saturated carbocycles. The Hall–Kier alpha value is -0.820. The normalized spacial score (nSPS) is 26.1. The molecular weight excluding hydrogens is 206 g/mol. The lowest BCUT2D eigenvalue weighted by Crippen LogP contribution is -2.24. The monoisotopic (exact) mass is 231 g/mol. The molecule has 0 radical (unpaired) electrons. The maximum Gasteiger partial charge on any atom is 0.0346 e. The zero-order valence-corrected chi connectivity index (χ0v) is 11.6. The summed E-state index contributed by atoms with van der Waals surface area (Å²) in [5.41, 5.74) is 4.24. The summed E-state index contributed by atoms with van der Waals surface area (Å²) in [6.45, 7) is 6.77. The van der Waals surface area contributed by atoms with Crippen molar-refractivity contribution in [3.8, 4) is 0 Å². The van der Waals surface area contributed by atoms with Gasteiger partial charge in [-0.1, -0.05) is 42.7 Å². The summed E-state index contributed by atoms with van der Waals surface area (Å²) in [7, 11) is 2.10. The zero-order chi connectivity index (χ0) is 12.4. The van der Waals surface area contributed by atoms with Crippen molar-refractivity contribution in [2.75, 3.05) is 7.05 Å². The molecule has 0 aromatic heterocycles. The molecule has 3 unspecified atom stereocenters. The van der Waals surface area contributed by atoms with Gasteiger partial charge in [-0.3, -0.25) is 0 Å². The lowest BCUT2D eigenvalue weighted by atomic mass is 9.89. The van der Waals surface area contributed by atoms with E-state index in [0.717, 1.165) is 11.8 Å². The molecule has 94 valence electrons. The van der Waals surface area contributed by atoms with E-state index < -0.39 is 0 Å². The minimum atomic E-state index is 0.540. The third kappa shape index (κ3) is 2.90. The smallest absolute Gasteiger partial charge is 0.0346 e. The maximum absolute atomic E-state index is 3.54. The van der Waals surface area contributed by atoms with Crippen molar-refractivity contribution in [3.63, 3.8) is 0 Å². The van der Waals surface area contributed by atoms with Crippen molar-refractivity contribution >= 4 is 0 Å². The molecular formula is C16H25N. The predicted molar refractivity (Wildman–Crippen MR) is 74.2 cm³/mol. The Morgan fingerprint density at radius 3 is 2.24 bits per heavy atom. The Morgan fingerprint density at radius 1 is 1.12 bits per heavy atom. The molecule has 0 spiro atoms. The van der Waals surface area contributed by atoms with Crippen molar-refractivity contribution in [2.24, 2.45) is 11.8 Å². The second-order valence-electron chi connectivity index (χ2n) is 5.87. The second kappa shape index (κ2) is 5.22. The van der Waals surface area contributed by atoms with Crippen LogP contribution in [0.2, 0.25) is 0 Å². The van der Waals surface area contributed by atoms with E-state index in [1.165, 1.54) is 36.0 Å². The molecule has 17 heavy (non-hydrogen) atoms. The highest BCUT2D eigenvalue weighted by Gasteiger charge is 2.28. The standard InChI is InChI=1S/C16H25N/c1-11-5-6-14(8-11)16(17-4)15-9-12(2)7-13(3)10-15/h7,9-11,14,16-17H,5-6,8H2,1-4H3. The van der Waals surface area contributed by atoms with Crippen LogP contribution < -0.4 is 5.32 Å². The summed E-state index contributed by atoms with van der Waals surface area (Å²) in [5.74, 6) is 1.72. The molecule has 1 fully saturated rings. The largest absolute Gasteiger partial charge is 0.313 e. The number of hydrogen-bond donors (Lipinski definition) is 1. The zero-order valence-electron chi connectivity index (χ0n) is 11.6. The summed E-state index contributed by atoms with van der Waals surface area (Å²) in [5, 5.41) is 3.54. The lowest BCUT2D eigenvalue weighted by Gasteiger charge is -2.24. The first-order valence-corrected chi connectivity index (χ1v) is 6.85. The molecule has 1 heteroatoms. The minimum absolute atomic E-state index is 0.540. The Balaban J connectivity index is 2.22. The van der Waals surface area contributed by atoms with Crippen LogP contribution in [0.15, 0.2) is 18.2 Å². The van der Waals surface area contributed by atoms with E-state index in [1.54, 1.807) is 0 Å². The molecule has 1 aliphatic carbocycles. The van der Waals surface area contributed by atoms with E-state index in [4.69, 9.17) is 0 Å². The van der Waals surface area contributed by atoms with Gasteiger partial charge in [0.05, 0.1) is 0 Å². The van der Waals surface area contributed by atoms with Crippen molar-refractivity contribution < 1.29 is 0 Å². The summed E-state index contributed by atoms with van der Waals surface area (Å²) >= 11 is 0. The number of aryl methyl sites for hydroxylation is 2. The highest BCUT2D eigenvalue weighted by molar-refractivity contribution is 5.31. The molecule has 3 atom stereocenters. The summed E-state index contributed by atoms with van der Waals surface area (Å²) < 4.78 is 0. The first kappa shape index (κ1) is 12.6. The molecule has 0 amide bonds. The van der Waals surface area contributed by atoms with Crippen molar-refractivity contribution in [3.05, 3.63) is 34.9 Å². The highest BCUT2D eigenvalue weighted by atomic mass is 14.9. The van der Waals surface area contributed by atoms with Gasteiger partial charge in [0, 0.05) is 6.04 Å². The van der Waals surface area contributed by atoms with Crippen molar-refractivity contribution in [2.45, 2.75) is 46.1 Å². The molecule has 2 rings (SSSR count). The van der Waals surface area contributed by atoms with E-state index in [9.17, 15) is 0 Å². The van der Waals surface area contributed by atoms with Gasteiger partial charge in [-0.05, 0) is 51.1 Å². The van der Waals surface area contributed by atoms with Gasteiger partial charge < -0.3 is 5.32 Å². The van der Waals surface area contributed by atoms with Gasteiger partial charge in [-0.2, -0.15) is 0 Å². The summed E-state index contributed by atoms with van der Waals surface area (Å²) in [6.07, 6.45) is 4.14. The Labute approximate surface area is 106 Å². The van der Waals surface area contributed by atoms with Crippen LogP contribution in [0.25, 0.3) is 0 Å². The average molecular weight is 231 g/mol. The number of benzene rings is 1. The molecule has 1 aliphatic rings. The molecule has 1 N–H and O–H groups in total. The molecule has 1 aromatic rings. The van der Waals surface area contributed by atoms with Crippen molar-refractivity contribution in [1.29, 1.82) is 0 Å². The van der Waals surface area contributed by atoms with Crippen molar-refractivity contribution in [1.82, 2.24) is 5.32 Å². The summed E-state index contributed by atoms with van der Waals surface area (Å²) in [4.78, 5) is 0. The van der Waals surface area contributed by atoms with E-state index in [1.807, 2.05) is 0 Å². The molecule has 1 nitrogen and oxygen atoms in total. The van der Waals surface area contributed by atoms with Gasteiger partial charge in [0.1, 0.15) is 0 Å². The number of nitrogens with one attached hydrogen (secondary N) is 1. The topological polar surface area (TPSA) is 12.0 Å². The highest BCUT2D eigenvalue weighted by Crippen LogP contribution is 2.39. The Kier molecular flexibility index (Phi) is 3.88. The quantitative estimate of drug-likeness (QED) is 0.829. The molecule has 1 aromatic carbocycles. The first-order chi connectivity index (χ1) is 8.10. The lowest BCUT2D eigenvalue weighted by molar-refractivity contribution is 0.379. The first-order valence-electron chi connectivity index (χ1n) is 6.85. The van der Waals surface area contributed by atoms with Gasteiger partial charge in [0.25, 0.3) is 0 Å².